The summed E-state index contributed by atoms with van der Waals surface area (Å²) in [7, 11) is 0. The summed E-state index contributed by atoms with van der Waals surface area (Å²) in [5, 5.41) is 3.09. The summed E-state index contributed by atoms with van der Waals surface area (Å²) in [4.78, 5) is 20.5. The number of carbonyl (C=O) groups is 1. The number of hydrogen-bond donors (Lipinski definition) is 1. The third kappa shape index (κ3) is 2.60. The number of amides is 1. The summed E-state index contributed by atoms with van der Waals surface area (Å²) in [6, 6.07) is 4.03. The molecule has 2 aromatic heterocycles. The number of pyridine rings is 1. The van der Waals surface area contributed by atoms with E-state index >= 15 is 0 Å². The Morgan fingerprint density at radius 2 is 2.30 bits per heavy atom. The van der Waals surface area contributed by atoms with Crippen molar-refractivity contribution in [1.82, 2.24) is 19.9 Å². The van der Waals surface area contributed by atoms with Gasteiger partial charge < -0.3 is 9.88 Å². The molecule has 3 rings (SSSR count). The van der Waals surface area contributed by atoms with Gasteiger partial charge in [-0.15, -0.1) is 0 Å². The largest absolute Gasteiger partial charge is 0.346 e. The zero-order valence-corrected chi connectivity index (χ0v) is 12.5. The number of hydrogen-bond acceptors (Lipinski definition) is 3. The number of rotatable bonds is 3. The van der Waals surface area contributed by atoms with Crippen LogP contribution in [0.15, 0.2) is 41.5 Å². The second-order valence-electron chi connectivity index (χ2n) is 4.92. The minimum Gasteiger partial charge on any atom is -0.346 e. The molecule has 20 heavy (non-hydrogen) atoms. The van der Waals surface area contributed by atoms with Crippen LogP contribution in [-0.2, 0) is 0 Å². The lowest BCUT2D eigenvalue weighted by molar-refractivity contribution is 0.0923. The van der Waals surface area contributed by atoms with E-state index in [0.717, 1.165) is 23.7 Å². The summed E-state index contributed by atoms with van der Waals surface area (Å²) in [6.07, 6.45) is 10.3. The number of nitrogens with one attached hydrogen (secondary N) is 1. The molecule has 1 aliphatic rings. The third-order valence-electron chi connectivity index (χ3n) is 3.68. The van der Waals surface area contributed by atoms with Crippen LogP contribution in [0.2, 0.25) is 0 Å². The van der Waals surface area contributed by atoms with Crippen LogP contribution in [0.3, 0.4) is 0 Å². The van der Waals surface area contributed by atoms with Crippen LogP contribution in [0.25, 0.3) is 0 Å². The van der Waals surface area contributed by atoms with Crippen molar-refractivity contribution in [3.8, 4) is 0 Å². The molecule has 0 radical (unpaired) electrons. The van der Waals surface area contributed by atoms with Crippen LogP contribution in [0.5, 0.6) is 0 Å². The van der Waals surface area contributed by atoms with Crippen LogP contribution < -0.4 is 5.32 Å². The Kier molecular flexibility index (Phi) is 3.82. The molecule has 0 bridgehead atoms. The van der Waals surface area contributed by atoms with E-state index in [1.807, 2.05) is 18.6 Å². The molecule has 1 N–H and O–H groups in total. The fourth-order valence-electron chi connectivity index (χ4n) is 2.72. The Hall–Kier alpha value is -1.69. The molecule has 0 spiro atoms. The molecule has 104 valence electrons. The first-order valence-electron chi connectivity index (χ1n) is 6.64. The van der Waals surface area contributed by atoms with E-state index in [1.54, 1.807) is 18.5 Å². The molecule has 6 heteroatoms. The van der Waals surface area contributed by atoms with Gasteiger partial charge in [0.15, 0.2) is 0 Å². The first-order chi connectivity index (χ1) is 9.75. The third-order valence-corrected chi connectivity index (χ3v) is 4.32. The smallest absolute Gasteiger partial charge is 0.271 e. The Balaban J connectivity index is 1.74. The van der Waals surface area contributed by atoms with E-state index in [9.17, 15) is 4.79 Å². The van der Waals surface area contributed by atoms with Crippen molar-refractivity contribution in [2.75, 3.05) is 0 Å². The summed E-state index contributed by atoms with van der Waals surface area (Å²) in [5.41, 5.74) is 0.434. The molecule has 1 fully saturated rings. The summed E-state index contributed by atoms with van der Waals surface area (Å²) >= 11 is 3.36. The number of carbonyl (C=O) groups excluding carboxylic acids is 1. The highest BCUT2D eigenvalue weighted by Gasteiger charge is 2.30. The van der Waals surface area contributed by atoms with Crippen molar-refractivity contribution in [3.05, 3.63) is 47.2 Å². The van der Waals surface area contributed by atoms with Crippen LogP contribution in [0.4, 0.5) is 0 Å². The average Bonchev–Trinajstić information content (AvgIpc) is 3.09. The lowest BCUT2D eigenvalue weighted by atomic mass is 10.1. The van der Waals surface area contributed by atoms with E-state index in [-0.39, 0.29) is 18.0 Å². The lowest BCUT2D eigenvalue weighted by Gasteiger charge is -2.22. The molecule has 0 aromatic carbocycles. The van der Waals surface area contributed by atoms with E-state index in [2.05, 4.69) is 35.8 Å². The standard InChI is InChI=1S/C14H15BrN4O/c15-10-3-2-6-17-13(10)14(20)18-11-4-1-5-12(11)19-8-7-16-9-19/h2-3,6-9,11-12H,1,4-5H2,(H,18,20). The SMILES string of the molecule is O=C(NC1CCCC1n1ccnc1)c1ncccc1Br. The van der Waals surface area contributed by atoms with Gasteiger partial charge in [0.05, 0.1) is 12.4 Å². The maximum Gasteiger partial charge on any atom is 0.271 e. The van der Waals surface area contributed by atoms with Crippen molar-refractivity contribution >= 4 is 21.8 Å². The predicted molar refractivity (Wildman–Crippen MR) is 78.3 cm³/mol. The molecule has 2 unspecified atom stereocenters. The fourth-order valence-corrected chi connectivity index (χ4v) is 3.16. The molecule has 2 heterocycles. The highest BCUT2D eigenvalue weighted by Crippen LogP contribution is 2.30. The van der Waals surface area contributed by atoms with Gasteiger partial charge in [0.25, 0.3) is 5.91 Å². The minimum atomic E-state index is -0.130. The number of halogens is 1. The fraction of sp³-hybridized carbons (Fsp3) is 0.357. The maximum absolute atomic E-state index is 12.3. The molecule has 1 aliphatic carbocycles. The summed E-state index contributed by atoms with van der Waals surface area (Å²) in [6.45, 7) is 0. The topological polar surface area (TPSA) is 59.8 Å². The summed E-state index contributed by atoms with van der Waals surface area (Å²) in [5.74, 6) is -0.130. The molecular weight excluding hydrogens is 320 g/mol. The van der Waals surface area contributed by atoms with Gasteiger partial charge in [0.1, 0.15) is 5.69 Å². The monoisotopic (exact) mass is 334 g/mol. The molecule has 5 nitrogen and oxygen atoms in total. The maximum atomic E-state index is 12.3. The second-order valence-corrected chi connectivity index (χ2v) is 5.78. The number of nitrogens with zero attached hydrogens (tertiary/aromatic N) is 3. The summed E-state index contributed by atoms with van der Waals surface area (Å²) < 4.78 is 2.79. The normalized spacial score (nSPS) is 21.9. The Morgan fingerprint density at radius 3 is 3.05 bits per heavy atom. The van der Waals surface area contributed by atoms with Gasteiger partial charge in [-0.1, -0.05) is 0 Å². The van der Waals surface area contributed by atoms with Crippen molar-refractivity contribution < 1.29 is 4.79 Å². The molecule has 1 amide bonds. The lowest BCUT2D eigenvalue weighted by Crippen LogP contribution is -2.38. The molecule has 0 saturated heterocycles. The van der Waals surface area contributed by atoms with Gasteiger partial charge in [-0.3, -0.25) is 4.79 Å². The quantitative estimate of drug-likeness (QED) is 0.938. The van der Waals surface area contributed by atoms with Crippen LogP contribution >= 0.6 is 15.9 Å². The van der Waals surface area contributed by atoms with Crippen LogP contribution in [-0.4, -0.2) is 26.5 Å². The van der Waals surface area contributed by atoms with Gasteiger partial charge in [0.2, 0.25) is 0 Å². The first-order valence-corrected chi connectivity index (χ1v) is 7.44. The Morgan fingerprint density at radius 1 is 1.40 bits per heavy atom. The van der Waals surface area contributed by atoms with Crippen molar-refractivity contribution in [2.45, 2.75) is 31.3 Å². The first kappa shape index (κ1) is 13.3. The molecule has 1 saturated carbocycles. The second kappa shape index (κ2) is 5.75. The van der Waals surface area contributed by atoms with Crippen LogP contribution in [0, 0.1) is 0 Å². The average molecular weight is 335 g/mol. The van der Waals surface area contributed by atoms with Gasteiger partial charge in [0, 0.05) is 29.1 Å². The predicted octanol–water partition coefficient (Wildman–Crippen LogP) is 2.56. The van der Waals surface area contributed by atoms with Gasteiger partial charge >= 0.3 is 0 Å². The molecular formula is C14H15BrN4O. The number of aromatic nitrogens is 3. The molecule has 2 aromatic rings. The zero-order valence-electron chi connectivity index (χ0n) is 10.9. The Bertz CT molecular complexity index is 599. The van der Waals surface area contributed by atoms with Crippen molar-refractivity contribution in [1.29, 1.82) is 0 Å². The molecule has 2 atom stereocenters. The van der Waals surface area contributed by atoms with E-state index in [0.29, 0.717) is 5.69 Å². The zero-order chi connectivity index (χ0) is 13.9. The van der Waals surface area contributed by atoms with Crippen LogP contribution in [0.1, 0.15) is 35.8 Å². The molecule has 0 aliphatic heterocycles. The van der Waals surface area contributed by atoms with Gasteiger partial charge in [-0.2, -0.15) is 0 Å². The highest BCUT2D eigenvalue weighted by atomic mass is 79.9. The van der Waals surface area contributed by atoms with E-state index < -0.39 is 0 Å². The van der Waals surface area contributed by atoms with Crippen molar-refractivity contribution in [3.63, 3.8) is 0 Å². The van der Waals surface area contributed by atoms with Gasteiger partial charge in [-0.05, 0) is 47.3 Å². The van der Waals surface area contributed by atoms with Crippen molar-refractivity contribution in [2.24, 2.45) is 0 Å². The van der Waals surface area contributed by atoms with E-state index in [4.69, 9.17) is 0 Å². The minimum absolute atomic E-state index is 0.130. The number of imidazole rings is 1. The van der Waals surface area contributed by atoms with Gasteiger partial charge in [-0.25, -0.2) is 9.97 Å². The highest BCUT2D eigenvalue weighted by molar-refractivity contribution is 9.10. The van der Waals surface area contributed by atoms with E-state index in [1.165, 1.54) is 0 Å². The Labute approximate surface area is 125 Å².